The fraction of sp³-hybridized carbons (Fsp3) is 0.127. The van der Waals surface area contributed by atoms with Gasteiger partial charge in [-0.2, -0.15) is 83.4 Å². The Morgan fingerprint density at radius 3 is 0.511 bits per heavy atom. The number of benzene rings is 9. The number of aromatic nitrogens is 10. The van der Waals surface area contributed by atoms with Gasteiger partial charge in [0.05, 0.1) is 0 Å². The molecule has 0 saturated heterocycles. The van der Waals surface area contributed by atoms with Crippen molar-refractivity contribution >= 4 is 12.2 Å². The minimum atomic E-state index is 0. The van der Waals surface area contributed by atoms with Crippen molar-refractivity contribution in [3.05, 3.63) is 534 Å². The SMILES string of the molecule is CC(C)(C)c1cc[c-]cc1.[CH-]=CC(C)(C)C.[CH-]=Cc1cc(C(C)(C)C)cc(C(C)(C)C)c1.[CH-]=Cc1ccccc1.[Ni+2].[Ni+2].[Ni+2].[Ni+2].[Ni+2].[c-]1c(-c2ccccn2)cccc1-c1ccccn1.[c-]1c(-c2ccccn2)cccc1-c1ccccn1.[c-]1c(-c2ccccn2)cccc1-c1ccccn1.[c-]1c(-c2ccccn2)cccc1-c1ccccn1.[c-]1c(-c2ccccn2)cccc1-c1ccccn1.[c-]1ccccc1. The second-order valence-corrected chi connectivity index (χ2v) is 34.8. The molecule has 0 aliphatic heterocycles. The van der Waals surface area contributed by atoms with Crippen LogP contribution >= 0.6 is 0 Å². The monoisotopic (exact) mass is 2060 g/mol. The summed E-state index contributed by atoms with van der Waals surface area (Å²) in [5, 5.41) is 0. The molecule has 0 unspecified atom stereocenters. The van der Waals surface area contributed by atoms with E-state index in [1.165, 1.54) is 16.7 Å². The van der Waals surface area contributed by atoms with Gasteiger partial charge in [-0.15, -0.1) is 146 Å². The van der Waals surface area contributed by atoms with Gasteiger partial charge in [-0.3, -0.25) is 69.1 Å². The molecule has 10 heterocycles. The molecule has 9 aromatic carbocycles. The first-order valence-electron chi connectivity index (χ1n) is 44.9. The maximum atomic E-state index is 5.65. The van der Waals surface area contributed by atoms with Gasteiger partial charge in [0.2, 0.25) is 0 Å². The van der Waals surface area contributed by atoms with E-state index in [1.807, 2.05) is 346 Å². The quantitative estimate of drug-likeness (QED) is 0.0861. The summed E-state index contributed by atoms with van der Waals surface area (Å²) in [5.74, 6) is 0. The topological polar surface area (TPSA) is 129 Å². The average molecular weight is 2060 g/mol. The zero-order valence-electron chi connectivity index (χ0n) is 81.1. The van der Waals surface area contributed by atoms with Crippen LogP contribution in [0.3, 0.4) is 0 Å². The van der Waals surface area contributed by atoms with Crippen molar-refractivity contribution in [2.45, 2.75) is 99.3 Å². The van der Waals surface area contributed by atoms with E-state index in [-0.39, 0.29) is 104 Å². The summed E-state index contributed by atoms with van der Waals surface area (Å²) in [6, 6.07) is 146. The van der Waals surface area contributed by atoms with Crippen molar-refractivity contribution in [1.29, 1.82) is 0 Å². The average Bonchev–Trinajstić information content (AvgIpc) is 0.812. The smallest absolute Gasteiger partial charge is 0.517 e. The van der Waals surface area contributed by atoms with Crippen LogP contribution in [0.1, 0.15) is 111 Å². The Morgan fingerprint density at radius 1 is 0.191 bits per heavy atom. The molecule has 0 saturated carbocycles. The molecule has 141 heavy (non-hydrogen) atoms. The maximum Gasteiger partial charge on any atom is 2.00 e. The molecule has 19 aromatic rings. The van der Waals surface area contributed by atoms with Gasteiger partial charge in [-0.05, 0) is 76.9 Å². The van der Waals surface area contributed by atoms with E-state index < -0.39 is 0 Å². The third-order valence-electron chi connectivity index (χ3n) is 19.9. The van der Waals surface area contributed by atoms with Gasteiger partial charge in [0.15, 0.2) is 0 Å². The second kappa shape index (κ2) is 63.0. The first kappa shape index (κ1) is 118. The van der Waals surface area contributed by atoms with Crippen LogP contribution in [0.5, 0.6) is 0 Å². The molecule has 10 nitrogen and oxygen atoms in total. The summed E-state index contributed by atoms with van der Waals surface area (Å²) < 4.78 is 0. The molecule has 0 aliphatic carbocycles. The van der Waals surface area contributed by atoms with Crippen LogP contribution in [0.25, 0.3) is 125 Å². The molecule has 0 spiro atoms. The number of allylic oxidation sites excluding steroid dienone is 1. The Bertz CT molecular complexity index is 5610. The van der Waals surface area contributed by atoms with Gasteiger partial charge in [0, 0.05) is 119 Å². The summed E-state index contributed by atoms with van der Waals surface area (Å²) >= 11 is 0. The van der Waals surface area contributed by atoms with Crippen molar-refractivity contribution in [3.63, 3.8) is 0 Å². The Balaban J connectivity index is 0.000000280. The number of rotatable bonds is 12. The van der Waals surface area contributed by atoms with Gasteiger partial charge in [0.25, 0.3) is 0 Å². The van der Waals surface area contributed by atoms with E-state index in [2.05, 4.69) is 206 Å². The minimum absolute atomic E-state index is 0. The van der Waals surface area contributed by atoms with Crippen molar-refractivity contribution in [2.75, 3.05) is 0 Å². The molecule has 19 rings (SSSR count). The first-order valence-corrected chi connectivity index (χ1v) is 44.9. The zero-order chi connectivity index (χ0) is 96.5. The van der Waals surface area contributed by atoms with Crippen molar-refractivity contribution in [3.8, 4) is 113 Å². The minimum Gasteiger partial charge on any atom is -0.517 e. The predicted molar refractivity (Wildman–Crippen MR) is 564 cm³/mol. The summed E-state index contributed by atoms with van der Waals surface area (Å²) in [6.07, 6.45) is 22.8. The Hall–Kier alpha value is -13.8. The normalized spacial score (nSPS) is 10.1. The molecule has 0 fully saturated rings. The summed E-state index contributed by atoms with van der Waals surface area (Å²) in [7, 11) is 0. The third kappa shape index (κ3) is 42.0. The zero-order valence-corrected chi connectivity index (χ0v) is 86.0. The van der Waals surface area contributed by atoms with Gasteiger partial charge < -0.3 is 6.58 Å². The van der Waals surface area contributed by atoms with Crippen LogP contribution in [0.4, 0.5) is 0 Å². The Kier molecular flexibility index (Phi) is 52.5. The van der Waals surface area contributed by atoms with Crippen molar-refractivity contribution in [1.82, 2.24) is 49.8 Å². The molecule has 10 aromatic heterocycles. The van der Waals surface area contributed by atoms with Crippen LogP contribution < -0.4 is 0 Å². The van der Waals surface area contributed by atoms with Gasteiger partial charge in [-0.25, -0.2) is 12.2 Å². The second-order valence-electron chi connectivity index (χ2n) is 34.8. The standard InChI is InChI=1S/5C16H11N2.C16H23.C10H13.C8H7.C6H5.C6H11.5Ni/c5*1-3-10-17-15(8-1)13-6-5-7-14(12-13)16-9-2-4-11-18-16;1-8-12-9-13(15(2,3)4)11-14(10-12)16(5,6)7;1-10(2,3)9-7-5-4-6-8-9;1-2-8-6-4-3-5-7-8;1-2-4-6-5-3-1;1-5-6(2,3)4;;;;;/h5*1-11H;1,8-11H,2-7H3;5-8H,1-3H3;1-7H;1-5H;1,5H,2-4H3;;;;;/q10*-1;5*+2. The molecule has 0 aliphatic rings. The fourth-order valence-electron chi connectivity index (χ4n) is 12.5. The van der Waals surface area contributed by atoms with Crippen LogP contribution in [-0.2, 0) is 98.7 Å². The van der Waals surface area contributed by atoms with Crippen LogP contribution in [0.2, 0.25) is 0 Å². The largest absolute Gasteiger partial charge is 2.00 e. The van der Waals surface area contributed by atoms with Gasteiger partial charge in [-0.1, -0.05) is 301 Å². The number of nitrogens with zero attached hydrogens (tertiary/aromatic N) is 10. The molecule has 718 valence electrons. The Labute approximate surface area is 888 Å². The number of hydrogen-bond donors (Lipinski definition) is 0. The Morgan fingerprint density at radius 2 is 0.376 bits per heavy atom. The van der Waals surface area contributed by atoms with E-state index in [4.69, 9.17) is 19.7 Å². The molecule has 0 radical (unpaired) electrons. The van der Waals surface area contributed by atoms with Crippen molar-refractivity contribution < 1.29 is 82.5 Å². The van der Waals surface area contributed by atoms with E-state index in [9.17, 15) is 0 Å². The van der Waals surface area contributed by atoms with Gasteiger partial charge in [0.1, 0.15) is 0 Å². The van der Waals surface area contributed by atoms with E-state index >= 15 is 0 Å². The summed E-state index contributed by atoms with van der Waals surface area (Å²) in [5.41, 5.74) is 26.1. The maximum absolute atomic E-state index is 5.65. The fourth-order valence-corrected chi connectivity index (χ4v) is 12.5. The number of hydrogen-bond acceptors (Lipinski definition) is 10. The molecular weight excluding hydrogens is 1950 g/mol. The van der Waals surface area contributed by atoms with Crippen molar-refractivity contribution in [2.24, 2.45) is 5.41 Å². The molecule has 15 heteroatoms. The van der Waals surface area contributed by atoms with Crippen LogP contribution in [0, 0.1) is 67.6 Å². The molecule has 0 bridgehead atoms. The van der Waals surface area contributed by atoms with E-state index in [1.54, 1.807) is 80.2 Å². The summed E-state index contributed by atoms with van der Waals surface area (Å²) in [6.45, 7) is 42.3. The molecular formula is C126H114N10Ni5. The van der Waals surface area contributed by atoms with E-state index in [0.29, 0.717) is 0 Å². The third-order valence-corrected chi connectivity index (χ3v) is 19.9. The molecule has 0 N–H and O–H groups in total. The molecule has 0 atom stereocenters. The summed E-state index contributed by atoms with van der Waals surface area (Å²) in [4.78, 5) is 43.3. The predicted octanol–water partition coefficient (Wildman–Crippen LogP) is 31.2. The number of pyridine rings is 10. The van der Waals surface area contributed by atoms with Crippen LogP contribution in [-0.4, -0.2) is 49.8 Å². The first-order chi connectivity index (χ1) is 65.9. The van der Waals surface area contributed by atoms with E-state index in [0.717, 1.165) is 124 Å². The van der Waals surface area contributed by atoms with Gasteiger partial charge >= 0.3 is 82.5 Å². The molecule has 0 amide bonds. The van der Waals surface area contributed by atoms with Crippen LogP contribution in [0.15, 0.2) is 444 Å².